The summed E-state index contributed by atoms with van der Waals surface area (Å²) in [5.41, 5.74) is 2.18. The van der Waals surface area contributed by atoms with Gasteiger partial charge in [-0.3, -0.25) is 9.59 Å². The van der Waals surface area contributed by atoms with E-state index in [0.717, 1.165) is 12.0 Å². The average Bonchev–Trinajstić information content (AvgIpc) is 2.79. The van der Waals surface area contributed by atoms with Crippen LogP contribution in [-0.4, -0.2) is 67.1 Å². The monoisotopic (exact) mass is 475 g/mol. The quantitative estimate of drug-likeness (QED) is 0.681. The van der Waals surface area contributed by atoms with Gasteiger partial charge < -0.3 is 9.80 Å². The Morgan fingerprint density at radius 1 is 1.00 bits per heavy atom. The molecular formula is C23H26ClN3O4S. The van der Waals surface area contributed by atoms with Gasteiger partial charge in [0.15, 0.2) is 0 Å². The molecule has 0 bridgehead atoms. The molecule has 2 amide bonds. The van der Waals surface area contributed by atoms with Crippen LogP contribution in [0.5, 0.6) is 0 Å². The third kappa shape index (κ3) is 4.53. The first-order chi connectivity index (χ1) is 15.3. The molecule has 2 heterocycles. The van der Waals surface area contributed by atoms with E-state index in [1.54, 1.807) is 21.9 Å². The minimum atomic E-state index is -3.66. The molecule has 0 radical (unpaired) electrons. The van der Waals surface area contributed by atoms with Crippen LogP contribution in [0.15, 0.2) is 53.4 Å². The molecule has 1 fully saturated rings. The van der Waals surface area contributed by atoms with Gasteiger partial charge in [0.1, 0.15) is 0 Å². The van der Waals surface area contributed by atoms with E-state index in [1.807, 2.05) is 24.3 Å². The van der Waals surface area contributed by atoms with Crippen molar-refractivity contribution < 1.29 is 18.0 Å². The average molecular weight is 476 g/mol. The lowest BCUT2D eigenvalue weighted by molar-refractivity contribution is -0.137. The highest BCUT2D eigenvalue weighted by molar-refractivity contribution is 7.89. The fourth-order valence-corrected chi connectivity index (χ4v) is 6.22. The van der Waals surface area contributed by atoms with Gasteiger partial charge >= 0.3 is 0 Å². The second-order valence-corrected chi connectivity index (χ2v) is 10.5. The number of halogens is 1. The Morgan fingerprint density at radius 2 is 1.72 bits per heavy atom. The predicted molar refractivity (Wildman–Crippen MR) is 122 cm³/mol. The number of fused-ring (bicyclic) bond motifs is 1. The van der Waals surface area contributed by atoms with Crippen LogP contribution in [0.2, 0.25) is 5.02 Å². The van der Waals surface area contributed by atoms with E-state index in [0.29, 0.717) is 24.7 Å². The van der Waals surface area contributed by atoms with Gasteiger partial charge in [-0.15, -0.1) is 0 Å². The van der Waals surface area contributed by atoms with Crippen LogP contribution in [0.1, 0.15) is 30.5 Å². The van der Waals surface area contributed by atoms with Crippen molar-refractivity contribution in [1.82, 2.24) is 14.1 Å². The topological polar surface area (TPSA) is 78.0 Å². The number of piperazine rings is 1. The lowest BCUT2D eigenvalue weighted by Gasteiger charge is -2.39. The zero-order valence-corrected chi connectivity index (χ0v) is 19.5. The van der Waals surface area contributed by atoms with Gasteiger partial charge in [0.2, 0.25) is 21.8 Å². The molecule has 1 saturated heterocycles. The second kappa shape index (κ2) is 9.21. The third-order valence-electron chi connectivity index (χ3n) is 6.21. The Bertz CT molecular complexity index is 1130. The summed E-state index contributed by atoms with van der Waals surface area (Å²) in [6.45, 7) is 3.19. The molecule has 0 N–H and O–H groups in total. The highest BCUT2D eigenvalue weighted by Gasteiger charge is 2.34. The molecule has 1 atom stereocenters. The molecular weight excluding hydrogens is 450 g/mol. The molecule has 170 valence electrons. The van der Waals surface area contributed by atoms with Gasteiger partial charge in [-0.1, -0.05) is 41.9 Å². The lowest BCUT2D eigenvalue weighted by atomic mass is 9.90. The van der Waals surface area contributed by atoms with Crippen LogP contribution in [-0.2, 0) is 26.0 Å². The van der Waals surface area contributed by atoms with Gasteiger partial charge in [0.25, 0.3) is 0 Å². The van der Waals surface area contributed by atoms with E-state index in [2.05, 4.69) is 0 Å². The normalized spacial score (nSPS) is 19.5. The lowest BCUT2D eigenvalue weighted by Crippen LogP contribution is -2.51. The Labute approximate surface area is 193 Å². The predicted octanol–water partition coefficient (Wildman–Crippen LogP) is 2.71. The van der Waals surface area contributed by atoms with Crippen molar-refractivity contribution >= 4 is 33.4 Å². The van der Waals surface area contributed by atoms with E-state index < -0.39 is 10.0 Å². The maximum absolute atomic E-state index is 13.1. The van der Waals surface area contributed by atoms with Crippen LogP contribution in [0.25, 0.3) is 0 Å². The first-order valence-corrected chi connectivity index (χ1v) is 12.5. The van der Waals surface area contributed by atoms with Gasteiger partial charge in [-0.2, -0.15) is 4.31 Å². The van der Waals surface area contributed by atoms with Crippen LogP contribution in [0.3, 0.4) is 0 Å². The maximum Gasteiger partial charge on any atom is 0.243 e. The SMILES string of the molecule is CC(=O)N1CCc2ccccc2C1CC(=O)N1CCN(S(=O)(=O)c2cccc(Cl)c2)CC1. The van der Waals surface area contributed by atoms with Crippen molar-refractivity contribution in [3.8, 4) is 0 Å². The first kappa shape index (κ1) is 22.8. The summed E-state index contributed by atoms with van der Waals surface area (Å²) in [4.78, 5) is 28.9. The summed E-state index contributed by atoms with van der Waals surface area (Å²) in [6.07, 6.45) is 0.970. The van der Waals surface area contributed by atoms with Crippen LogP contribution >= 0.6 is 11.6 Å². The summed E-state index contributed by atoms with van der Waals surface area (Å²) in [5, 5.41) is 0.364. The molecule has 1 unspecified atom stereocenters. The number of hydrogen-bond acceptors (Lipinski definition) is 4. The summed E-state index contributed by atoms with van der Waals surface area (Å²) < 4.78 is 27.2. The Kier molecular flexibility index (Phi) is 6.55. The Hall–Kier alpha value is -2.42. The molecule has 7 nitrogen and oxygen atoms in total. The summed E-state index contributed by atoms with van der Waals surface area (Å²) >= 11 is 5.95. The molecule has 9 heteroatoms. The first-order valence-electron chi connectivity index (χ1n) is 10.7. The second-order valence-electron chi connectivity index (χ2n) is 8.12. The third-order valence-corrected chi connectivity index (χ3v) is 8.34. The number of hydrogen-bond donors (Lipinski definition) is 0. The number of benzene rings is 2. The van der Waals surface area contributed by atoms with Crippen LogP contribution in [0, 0.1) is 0 Å². The van der Waals surface area contributed by atoms with Crippen molar-refractivity contribution in [3.63, 3.8) is 0 Å². The Morgan fingerprint density at radius 3 is 2.41 bits per heavy atom. The van der Waals surface area contributed by atoms with Crippen molar-refractivity contribution in [3.05, 3.63) is 64.7 Å². The standard InChI is InChI=1S/C23H26ClN3O4S/c1-17(28)27-10-9-18-5-2-3-8-21(18)22(27)16-23(29)25-11-13-26(14-12-25)32(30,31)20-7-4-6-19(24)15-20/h2-8,15,22H,9-14,16H2,1H3. The summed E-state index contributed by atoms with van der Waals surface area (Å²) in [7, 11) is -3.66. The zero-order chi connectivity index (χ0) is 22.9. The van der Waals surface area contributed by atoms with Crippen LogP contribution < -0.4 is 0 Å². The molecule has 4 rings (SSSR count). The fraction of sp³-hybridized carbons (Fsp3) is 0.391. The number of rotatable bonds is 4. The van der Waals surface area contributed by atoms with Crippen molar-refractivity contribution in [2.75, 3.05) is 32.7 Å². The van der Waals surface area contributed by atoms with Gasteiger partial charge in [-0.05, 0) is 35.7 Å². The van der Waals surface area contributed by atoms with E-state index in [9.17, 15) is 18.0 Å². The molecule has 0 spiro atoms. The van der Waals surface area contributed by atoms with E-state index in [4.69, 9.17) is 11.6 Å². The number of sulfonamides is 1. The highest BCUT2D eigenvalue weighted by atomic mass is 35.5. The zero-order valence-electron chi connectivity index (χ0n) is 17.9. The number of carbonyl (C=O) groups is 2. The molecule has 0 saturated carbocycles. The van der Waals surface area contributed by atoms with Gasteiger partial charge in [-0.25, -0.2) is 8.42 Å². The minimum absolute atomic E-state index is 0.0465. The summed E-state index contributed by atoms with van der Waals surface area (Å²) in [5.74, 6) is -0.118. The number of nitrogens with zero attached hydrogens (tertiary/aromatic N) is 3. The van der Waals surface area contributed by atoms with Crippen molar-refractivity contribution in [1.29, 1.82) is 0 Å². The summed E-state index contributed by atoms with van der Waals surface area (Å²) in [6, 6.07) is 13.8. The van der Waals surface area contributed by atoms with Gasteiger partial charge in [0.05, 0.1) is 17.4 Å². The minimum Gasteiger partial charge on any atom is -0.340 e. The molecule has 0 aliphatic carbocycles. The molecule has 2 aromatic rings. The maximum atomic E-state index is 13.1. The smallest absolute Gasteiger partial charge is 0.243 e. The van der Waals surface area contributed by atoms with Crippen molar-refractivity contribution in [2.24, 2.45) is 0 Å². The molecule has 2 aliphatic heterocycles. The van der Waals surface area contributed by atoms with Gasteiger partial charge in [0, 0.05) is 44.7 Å². The highest BCUT2D eigenvalue weighted by Crippen LogP contribution is 2.33. The molecule has 2 aliphatic rings. The number of amides is 2. The largest absolute Gasteiger partial charge is 0.340 e. The molecule has 32 heavy (non-hydrogen) atoms. The fourth-order valence-electron chi connectivity index (χ4n) is 4.50. The number of carbonyl (C=O) groups excluding carboxylic acids is 2. The Balaban J connectivity index is 1.44. The van der Waals surface area contributed by atoms with Crippen LogP contribution in [0.4, 0.5) is 0 Å². The van der Waals surface area contributed by atoms with E-state index in [-0.39, 0.29) is 42.3 Å². The molecule has 2 aromatic carbocycles. The van der Waals surface area contributed by atoms with Crippen molar-refractivity contribution in [2.45, 2.75) is 30.7 Å². The molecule has 0 aromatic heterocycles. The van der Waals surface area contributed by atoms with E-state index >= 15 is 0 Å². The van der Waals surface area contributed by atoms with E-state index in [1.165, 1.54) is 28.9 Å².